The topological polar surface area (TPSA) is 119 Å². The number of halogens is 3. The Morgan fingerprint density at radius 2 is 1.88 bits per heavy atom. The lowest BCUT2D eigenvalue weighted by Gasteiger charge is -2.38. The number of aliphatic hydroxyl groups is 1. The summed E-state index contributed by atoms with van der Waals surface area (Å²) < 4.78 is 43.8. The summed E-state index contributed by atoms with van der Waals surface area (Å²) >= 11 is 0. The molecule has 3 N–H and O–H groups in total. The van der Waals surface area contributed by atoms with Crippen molar-refractivity contribution in [3.8, 4) is 5.75 Å². The monoisotopic (exact) mass is 565 g/mol. The average molecular weight is 566 g/mol. The van der Waals surface area contributed by atoms with Crippen LogP contribution in [0.4, 0.5) is 18.9 Å². The third-order valence-electron chi connectivity index (χ3n) is 6.73. The molecule has 0 radical (unpaired) electrons. The molecule has 3 atom stereocenters. The molecular weight excluding hydrogens is 531 g/mol. The molecule has 0 fully saturated rings. The fraction of sp³-hybridized carbons (Fsp3) is 0.464. The van der Waals surface area contributed by atoms with E-state index in [2.05, 4.69) is 5.32 Å². The maximum absolute atomic E-state index is 13.5. The Labute approximate surface area is 230 Å². The van der Waals surface area contributed by atoms with Crippen molar-refractivity contribution < 1.29 is 42.5 Å². The number of carbonyl (C=O) groups is 3. The van der Waals surface area contributed by atoms with Crippen LogP contribution in [0.5, 0.6) is 5.75 Å². The standard InChI is InChI=1S/C28H34F3N3O6/c1-17-13-34(18(2)16-35)26(37)22-12-21(32-25(36)10-11-28(29,30)31)8-9-23(22)40-24(17)15-33(3)14-19-4-6-20(7-5-19)27(38)39/h4-9,12,17-18,24,35H,10-11,13-16H2,1-3H3,(H,32,36)(H,38,39)/t17-,18-,24+/m0/s1. The van der Waals surface area contributed by atoms with Gasteiger partial charge in [0.25, 0.3) is 5.91 Å². The number of nitrogens with one attached hydrogen (secondary N) is 1. The minimum absolute atomic E-state index is 0.123. The molecule has 2 aromatic carbocycles. The highest BCUT2D eigenvalue weighted by Crippen LogP contribution is 2.31. The molecule has 40 heavy (non-hydrogen) atoms. The van der Waals surface area contributed by atoms with Gasteiger partial charge in [0.2, 0.25) is 5.91 Å². The number of fused-ring (bicyclic) bond motifs is 1. The Hall–Kier alpha value is -3.64. The second-order valence-corrected chi connectivity index (χ2v) is 10.2. The van der Waals surface area contributed by atoms with Gasteiger partial charge in [-0.1, -0.05) is 19.1 Å². The van der Waals surface area contributed by atoms with Crippen LogP contribution >= 0.6 is 0 Å². The first-order valence-corrected chi connectivity index (χ1v) is 12.9. The Balaban J connectivity index is 1.82. The van der Waals surface area contributed by atoms with Crippen molar-refractivity contribution in [2.24, 2.45) is 5.92 Å². The smallest absolute Gasteiger partial charge is 0.389 e. The summed E-state index contributed by atoms with van der Waals surface area (Å²) in [7, 11) is 1.89. The highest BCUT2D eigenvalue weighted by molar-refractivity contribution is 6.00. The summed E-state index contributed by atoms with van der Waals surface area (Å²) in [6.07, 6.45) is -6.86. The van der Waals surface area contributed by atoms with Crippen molar-refractivity contribution in [2.75, 3.05) is 32.1 Å². The number of amides is 2. The number of anilines is 1. The van der Waals surface area contributed by atoms with Gasteiger partial charge in [0.05, 0.1) is 30.2 Å². The van der Waals surface area contributed by atoms with Gasteiger partial charge >= 0.3 is 12.1 Å². The van der Waals surface area contributed by atoms with Gasteiger partial charge in [-0.15, -0.1) is 0 Å². The molecule has 1 heterocycles. The number of aliphatic hydroxyl groups excluding tert-OH is 1. The average Bonchev–Trinajstić information content (AvgIpc) is 2.89. The Morgan fingerprint density at radius 1 is 1.20 bits per heavy atom. The molecule has 0 aliphatic carbocycles. The highest BCUT2D eigenvalue weighted by Gasteiger charge is 2.34. The Kier molecular flexibility index (Phi) is 10.2. The largest absolute Gasteiger partial charge is 0.488 e. The van der Waals surface area contributed by atoms with Gasteiger partial charge in [0.15, 0.2) is 0 Å². The van der Waals surface area contributed by atoms with Crippen LogP contribution in [0, 0.1) is 5.92 Å². The van der Waals surface area contributed by atoms with E-state index in [1.807, 2.05) is 18.9 Å². The van der Waals surface area contributed by atoms with E-state index in [9.17, 15) is 32.7 Å². The second-order valence-electron chi connectivity index (χ2n) is 10.2. The second kappa shape index (κ2) is 13.1. The fourth-order valence-electron chi connectivity index (χ4n) is 4.43. The lowest BCUT2D eigenvalue weighted by Crippen LogP contribution is -2.49. The molecule has 0 unspecified atom stereocenters. The van der Waals surface area contributed by atoms with E-state index < -0.39 is 48.9 Å². The predicted molar refractivity (Wildman–Crippen MR) is 141 cm³/mol. The summed E-state index contributed by atoms with van der Waals surface area (Å²) in [6.45, 7) is 4.60. The van der Waals surface area contributed by atoms with Gasteiger partial charge in [-0.2, -0.15) is 13.2 Å². The van der Waals surface area contributed by atoms with E-state index in [4.69, 9.17) is 9.84 Å². The van der Waals surface area contributed by atoms with Crippen LogP contribution in [0.15, 0.2) is 42.5 Å². The number of aromatic carboxylic acids is 1. The number of rotatable bonds is 10. The molecule has 0 spiro atoms. The molecule has 218 valence electrons. The number of carboxylic acid groups (broad SMARTS) is 1. The van der Waals surface area contributed by atoms with Crippen LogP contribution in [0.25, 0.3) is 0 Å². The van der Waals surface area contributed by atoms with Crippen LogP contribution in [-0.4, -0.2) is 82.9 Å². The number of benzene rings is 2. The molecule has 3 rings (SSSR count). The minimum atomic E-state index is -4.46. The zero-order valence-corrected chi connectivity index (χ0v) is 22.6. The maximum Gasteiger partial charge on any atom is 0.389 e. The number of alkyl halides is 3. The van der Waals surface area contributed by atoms with Crippen molar-refractivity contribution in [3.63, 3.8) is 0 Å². The number of likely N-dealkylation sites (N-methyl/N-ethyl adjacent to an activating group) is 1. The van der Waals surface area contributed by atoms with Crippen LogP contribution in [0.1, 0.15) is 53.0 Å². The molecule has 2 aromatic rings. The highest BCUT2D eigenvalue weighted by atomic mass is 19.4. The molecule has 9 nitrogen and oxygen atoms in total. The first-order chi connectivity index (χ1) is 18.8. The van der Waals surface area contributed by atoms with E-state index in [1.165, 1.54) is 35.2 Å². The minimum Gasteiger partial charge on any atom is -0.488 e. The SMILES string of the molecule is C[C@H]1CN([C@@H](C)CO)C(=O)c2cc(NC(=O)CCC(F)(F)F)ccc2O[C@@H]1CN(C)Cc1ccc(C(=O)O)cc1. The van der Waals surface area contributed by atoms with Crippen molar-refractivity contribution >= 4 is 23.5 Å². The number of ether oxygens (including phenoxy) is 1. The summed E-state index contributed by atoms with van der Waals surface area (Å²) in [5.41, 5.74) is 1.38. The van der Waals surface area contributed by atoms with Gasteiger partial charge in [0.1, 0.15) is 11.9 Å². The lowest BCUT2D eigenvalue weighted by molar-refractivity contribution is -0.142. The summed E-state index contributed by atoms with van der Waals surface area (Å²) in [6, 6.07) is 10.4. The van der Waals surface area contributed by atoms with Crippen LogP contribution in [0.3, 0.4) is 0 Å². The zero-order chi connectivity index (χ0) is 29.6. The quantitative estimate of drug-likeness (QED) is 0.398. The molecule has 0 aromatic heterocycles. The van der Waals surface area contributed by atoms with E-state index in [1.54, 1.807) is 19.1 Å². The van der Waals surface area contributed by atoms with Crippen molar-refractivity contribution in [1.82, 2.24) is 9.80 Å². The van der Waals surface area contributed by atoms with E-state index in [-0.39, 0.29) is 41.6 Å². The van der Waals surface area contributed by atoms with Gasteiger partial charge in [-0.05, 0) is 49.9 Å². The van der Waals surface area contributed by atoms with E-state index in [0.29, 0.717) is 13.1 Å². The Morgan fingerprint density at radius 3 is 2.48 bits per heavy atom. The van der Waals surface area contributed by atoms with Gasteiger partial charge < -0.3 is 25.2 Å². The third kappa shape index (κ3) is 8.43. The van der Waals surface area contributed by atoms with Crippen LogP contribution < -0.4 is 10.1 Å². The summed E-state index contributed by atoms with van der Waals surface area (Å²) in [5, 5.41) is 21.3. The molecule has 12 heteroatoms. The number of carbonyl (C=O) groups excluding carboxylic acids is 2. The normalized spacial score (nSPS) is 18.4. The zero-order valence-electron chi connectivity index (χ0n) is 22.6. The lowest BCUT2D eigenvalue weighted by atomic mass is 9.99. The molecular formula is C28H34F3N3O6. The van der Waals surface area contributed by atoms with Gasteiger partial charge in [0, 0.05) is 37.7 Å². The van der Waals surface area contributed by atoms with E-state index >= 15 is 0 Å². The first-order valence-electron chi connectivity index (χ1n) is 12.9. The third-order valence-corrected chi connectivity index (χ3v) is 6.73. The van der Waals surface area contributed by atoms with Crippen LogP contribution in [-0.2, 0) is 11.3 Å². The molecule has 0 saturated heterocycles. The van der Waals surface area contributed by atoms with Crippen molar-refractivity contribution in [3.05, 3.63) is 59.2 Å². The number of carboxylic acids is 1. The predicted octanol–water partition coefficient (Wildman–Crippen LogP) is 4.02. The molecule has 2 amide bonds. The summed E-state index contributed by atoms with van der Waals surface area (Å²) in [5.74, 6) is -2.16. The maximum atomic E-state index is 13.5. The number of nitrogens with zero attached hydrogens (tertiary/aromatic N) is 2. The molecule has 1 aliphatic heterocycles. The molecule has 0 saturated carbocycles. The number of hydrogen-bond acceptors (Lipinski definition) is 6. The van der Waals surface area contributed by atoms with Crippen molar-refractivity contribution in [1.29, 1.82) is 0 Å². The molecule has 0 bridgehead atoms. The van der Waals surface area contributed by atoms with Crippen molar-refractivity contribution in [2.45, 2.75) is 51.6 Å². The van der Waals surface area contributed by atoms with Gasteiger partial charge in [-0.3, -0.25) is 14.5 Å². The fourth-order valence-corrected chi connectivity index (χ4v) is 4.43. The Bertz CT molecular complexity index is 1200. The van der Waals surface area contributed by atoms with Crippen LogP contribution in [0.2, 0.25) is 0 Å². The van der Waals surface area contributed by atoms with E-state index in [0.717, 1.165) is 5.56 Å². The number of hydrogen-bond donors (Lipinski definition) is 3. The van der Waals surface area contributed by atoms with Gasteiger partial charge in [-0.25, -0.2) is 4.79 Å². The molecule has 1 aliphatic rings. The first kappa shape index (κ1) is 30.9. The summed E-state index contributed by atoms with van der Waals surface area (Å²) in [4.78, 5) is 40.2.